The van der Waals surface area contributed by atoms with Crippen molar-refractivity contribution >= 4 is 23.1 Å². The van der Waals surface area contributed by atoms with Gasteiger partial charge in [-0.2, -0.15) is 11.8 Å². The highest BCUT2D eigenvalue weighted by Crippen LogP contribution is 2.43. The van der Waals surface area contributed by atoms with Crippen molar-refractivity contribution in [1.82, 2.24) is 0 Å². The molecule has 1 aliphatic carbocycles. The standard InChI is InChI=1S/C14H20N2O2S/c1-19-14(3-2-4-14)9-16-11-8-13-12(7-10(11)15)17-5-6-18-13/h7-8,16H,2-6,9,15H2,1H3. The van der Waals surface area contributed by atoms with E-state index in [4.69, 9.17) is 15.2 Å². The van der Waals surface area contributed by atoms with Gasteiger partial charge in [0.25, 0.3) is 0 Å². The third-order valence-electron chi connectivity index (χ3n) is 4.01. The van der Waals surface area contributed by atoms with E-state index in [0.29, 0.717) is 18.0 Å². The number of nitrogen functional groups attached to an aromatic ring is 1. The van der Waals surface area contributed by atoms with Gasteiger partial charge in [-0.3, -0.25) is 0 Å². The van der Waals surface area contributed by atoms with Gasteiger partial charge in [0.1, 0.15) is 13.2 Å². The van der Waals surface area contributed by atoms with E-state index in [1.54, 1.807) is 0 Å². The van der Waals surface area contributed by atoms with Gasteiger partial charge < -0.3 is 20.5 Å². The SMILES string of the molecule is CSC1(CNc2cc3c(cc2N)OCCO3)CCC1. The first kappa shape index (κ1) is 12.8. The summed E-state index contributed by atoms with van der Waals surface area (Å²) in [6.07, 6.45) is 6.09. The third kappa shape index (κ3) is 2.43. The summed E-state index contributed by atoms with van der Waals surface area (Å²) in [5.74, 6) is 1.53. The van der Waals surface area contributed by atoms with Crippen LogP contribution in [0.4, 0.5) is 11.4 Å². The number of nitrogens with one attached hydrogen (secondary N) is 1. The van der Waals surface area contributed by atoms with Gasteiger partial charge >= 0.3 is 0 Å². The molecular weight excluding hydrogens is 260 g/mol. The summed E-state index contributed by atoms with van der Waals surface area (Å²) in [6.45, 7) is 2.15. The maximum Gasteiger partial charge on any atom is 0.163 e. The molecule has 3 N–H and O–H groups in total. The summed E-state index contributed by atoms with van der Waals surface area (Å²) in [7, 11) is 0. The number of rotatable bonds is 4. The summed E-state index contributed by atoms with van der Waals surface area (Å²) in [4.78, 5) is 0. The molecule has 0 unspecified atom stereocenters. The molecule has 4 nitrogen and oxygen atoms in total. The molecule has 1 saturated carbocycles. The fourth-order valence-corrected chi connectivity index (χ4v) is 3.45. The van der Waals surface area contributed by atoms with E-state index in [9.17, 15) is 0 Å². The van der Waals surface area contributed by atoms with E-state index in [0.717, 1.165) is 29.4 Å². The van der Waals surface area contributed by atoms with Crippen LogP contribution < -0.4 is 20.5 Å². The summed E-state index contributed by atoms with van der Waals surface area (Å²) < 4.78 is 11.5. The van der Waals surface area contributed by atoms with Gasteiger partial charge in [0.05, 0.1) is 11.4 Å². The minimum Gasteiger partial charge on any atom is -0.486 e. The predicted molar refractivity (Wildman–Crippen MR) is 80.4 cm³/mol. The fourth-order valence-electron chi connectivity index (χ4n) is 2.54. The van der Waals surface area contributed by atoms with Crippen molar-refractivity contribution in [2.45, 2.75) is 24.0 Å². The fraction of sp³-hybridized carbons (Fsp3) is 0.571. The monoisotopic (exact) mass is 280 g/mol. The lowest BCUT2D eigenvalue weighted by Gasteiger charge is -2.40. The number of ether oxygens (including phenoxy) is 2. The van der Waals surface area contributed by atoms with Crippen LogP contribution in [0.25, 0.3) is 0 Å². The van der Waals surface area contributed by atoms with Gasteiger partial charge in [0, 0.05) is 23.4 Å². The van der Waals surface area contributed by atoms with E-state index in [-0.39, 0.29) is 0 Å². The second kappa shape index (κ2) is 5.04. The Bertz CT molecular complexity index is 469. The Hall–Kier alpha value is -1.23. The van der Waals surface area contributed by atoms with E-state index < -0.39 is 0 Å². The molecule has 1 fully saturated rings. The van der Waals surface area contributed by atoms with E-state index in [1.807, 2.05) is 23.9 Å². The highest BCUT2D eigenvalue weighted by atomic mass is 32.2. The smallest absolute Gasteiger partial charge is 0.163 e. The zero-order chi connectivity index (χ0) is 13.3. The van der Waals surface area contributed by atoms with Gasteiger partial charge in [0.15, 0.2) is 11.5 Å². The average Bonchev–Trinajstić information content (AvgIpc) is 2.38. The van der Waals surface area contributed by atoms with Crippen LogP contribution in [0.3, 0.4) is 0 Å². The Balaban J connectivity index is 1.73. The molecule has 1 heterocycles. The molecule has 0 atom stereocenters. The van der Waals surface area contributed by atoms with Gasteiger partial charge in [-0.25, -0.2) is 0 Å². The number of benzene rings is 1. The first-order chi connectivity index (χ1) is 9.22. The summed E-state index contributed by atoms with van der Waals surface area (Å²) in [5.41, 5.74) is 7.74. The van der Waals surface area contributed by atoms with Gasteiger partial charge in [-0.05, 0) is 19.1 Å². The zero-order valence-corrected chi connectivity index (χ0v) is 12.0. The number of anilines is 2. The van der Waals surface area contributed by atoms with Crippen LogP contribution in [-0.4, -0.2) is 30.8 Å². The van der Waals surface area contributed by atoms with Crippen LogP contribution in [0.5, 0.6) is 11.5 Å². The second-order valence-corrected chi connectivity index (χ2v) is 6.45. The largest absolute Gasteiger partial charge is 0.486 e. The van der Waals surface area contributed by atoms with Crippen LogP contribution in [0.2, 0.25) is 0 Å². The number of hydrogen-bond donors (Lipinski definition) is 2. The lowest BCUT2D eigenvalue weighted by atomic mass is 9.84. The number of hydrogen-bond acceptors (Lipinski definition) is 5. The van der Waals surface area contributed by atoms with Gasteiger partial charge in [0.2, 0.25) is 0 Å². The maximum absolute atomic E-state index is 6.07. The van der Waals surface area contributed by atoms with Crippen molar-refractivity contribution < 1.29 is 9.47 Å². The quantitative estimate of drug-likeness (QED) is 0.831. The third-order valence-corrected chi connectivity index (χ3v) is 5.43. The van der Waals surface area contributed by atoms with Gasteiger partial charge in [-0.1, -0.05) is 6.42 Å². The summed E-state index contributed by atoms with van der Waals surface area (Å²) >= 11 is 1.95. The predicted octanol–water partition coefficient (Wildman–Crippen LogP) is 2.74. The van der Waals surface area contributed by atoms with E-state index >= 15 is 0 Å². The molecule has 0 saturated heterocycles. The molecule has 1 aliphatic heterocycles. The normalized spacial score (nSPS) is 19.6. The minimum atomic E-state index is 0.389. The molecule has 0 bridgehead atoms. The Morgan fingerprint density at radius 2 is 1.95 bits per heavy atom. The van der Waals surface area contributed by atoms with E-state index in [1.165, 1.54) is 19.3 Å². The van der Waals surface area contributed by atoms with Crippen LogP contribution in [0.1, 0.15) is 19.3 Å². The Morgan fingerprint density at radius 1 is 1.26 bits per heavy atom. The molecule has 0 spiro atoms. The Labute approximate surface area is 118 Å². The minimum absolute atomic E-state index is 0.389. The van der Waals surface area contributed by atoms with Gasteiger partial charge in [-0.15, -0.1) is 0 Å². The molecular formula is C14H20N2O2S. The second-order valence-electron chi connectivity index (χ2n) is 5.18. The molecule has 2 aliphatic rings. The molecule has 3 rings (SSSR count). The molecule has 104 valence electrons. The summed E-state index contributed by atoms with van der Waals surface area (Å²) in [6, 6.07) is 3.81. The lowest BCUT2D eigenvalue weighted by molar-refractivity contribution is 0.172. The Morgan fingerprint density at radius 3 is 2.53 bits per heavy atom. The van der Waals surface area contributed by atoms with Crippen molar-refractivity contribution in [1.29, 1.82) is 0 Å². The molecule has 0 aromatic heterocycles. The molecule has 1 aromatic carbocycles. The van der Waals surface area contributed by atoms with Crippen molar-refractivity contribution in [3.05, 3.63) is 12.1 Å². The van der Waals surface area contributed by atoms with Crippen LogP contribution >= 0.6 is 11.8 Å². The van der Waals surface area contributed by atoms with Crippen molar-refractivity contribution in [2.75, 3.05) is 37.1 Å². The van der Waals surface area contributed by atoms with Crippen molar-refractivity contribution in [3.63, 3.8) is 0 Å². The van der Waals surface area contributed by atoms with Crippen LogP contribution in [-0.2, 0) is 0 Å². The first-order valence-corrected chi connectivity index (χ1v) is 7.93. The van der Waals surface area contributed by atoms with E-state index in [2.05, 4.69) is 11.6 Å². The van der Waals surface area contributed by atoms with Crippen LogP contribution in [0, 0.1) is 0 Å². The number of nitrogens with two attached hydrogens (primary N) is 1. The summed E-state index contributed by atoms with van der Waals surface area (Å²) in [5, 5.41) is 3.48. The number of thioether (sulfide) groups is 1. The van der Waals surface area contributed by atoms with Crippen LogP contribution in [0.15, 0.2) is 12.1 Å². The Kier molecular flexibility index (Phi) is 3.39. The molecule has 5 heteroatoms. The molecule has 19 heavy (non-hydrogen) atoms. The topological polar surface area (TPSA) is 56.5 Å². The molecule has 0 radical (unpaired) electrons. The molecule has 0 amide bonds. The maximum atomic E-state index is 6.07. The first-order valence-electron chi connectivity index (χ1n) is 6.71. The highest BCUT2D eigenvalue weighted by molar-refractivity contribution is 8.00. The lowest BCUT2D eigenvalue weighted by Crippen LogP contribution is -2.40. The zero-order valence-electron chi connectivity index (χ0n) is 11.2. The van der Waals surface area contributed by atoms with Crippen molar-refractivity contribution in [2.24, 2.45) is 0 Å². The van der Waals surface area contributed by atoms with Crippen molar-refractivity contribution in [3.8, 4) is 11.5 Å². The average molecular weight is 280 g/mol. The highest BCUT2D eigenvalue weighted by Gasteiger charge is 2.35. The number of fused-ring (bicyclic) bond motifs is 1. The molecule has 1 aromatic rings.